The summed E-state index contributed by atoms with van der Waals surface area (Å²) in [5.41, 5.74) is -0.290. The lowest BCUT2D eigenvalue weighted by Gasteiger charge is -2.08. The van der Waals surface area contributed by atoms with Crippen LogP contribution in [0.5, 0.6) is 0 Å². The van der Waals surface area contributed by atoms with E-state index in [4.69, 9.17) is 10.2 Å². The molecule has 0 radical (unpaired) electrons. The second-order valence-electron chi connectivity index (χ2n) is 3.79. The maximum Gasteiger partial charge on any atom is 0.335 e. The molecule has 0 saturated heterocycles. The third kappa shape index (κ3) is 4.30. The highest BCUT2D eigenvalue weighted by Gasteiger charge is 2.12. The Morgan fingerprint density at radius 2 is 1.58 bits per heavy atom. The standard InChI is InChI=1S/C12H14N2O5/c1-2-3-13-12(19)14-9-5-7(10(15)16)4-8(6-9)11(17)18/h4-6H,2-3H2,1H3,(H,15,16)(H,17,18)(H2,13,14,19). The van der Waals surface area contributed by atoms with Crippen LogP contribution in [-0.2, 0) is 0 Å². The van der Waals surface area contributed by atoms with Crippen LogP contribution in [0, 0.1) is 0 Å². The number of hydrogen-bond donors (Lipinski definition) is 4. The molecule has 1 aromatic rings. The first kappa shape index (κ1) is 14.5. The van der Waals surface area contributed by atoms with Gasteiger partial charge in [0.2, 0.25) is 0 Å². The summed E-state index contributed by atoms with van der Waals surface area (Å²) in [5, 5.41) is 22.7. The molecule has 0 atom stereocenters. The van der Waals surface area contributed by atoms with Crippen molar-refractivity contribution in [1.29, 1.82) is 0 Å². The van der Waals surface area contributed by atoms with Gasteiger partial charge in [0.15, 0.2) is 0 Å². The highest BCUT2D eigenvalue weighted by molar-refractivity contribution is 5.98. The van der Waals surface area contributed by atoms with Crippen LogP contribution in [0.15, 0.2) is 18.2 Å². The number of aromatic carboxylic acids is 2. The molecule has 1 rings (SSSR count). The van der Waals surface area contributed by atoms with Gasteiger partial charge >= 0.3 is 18.0 Å². The highest BCUT2D eigenvalue weighted by atomic mass is 16.4. The molecule has 0 heterocycles. The first-order valence-corrected chi connectivity index (χ1v) is 5.60. The molecule has 0 aliphatic heterocycles. The zero-order chi connectivity index (χ0) is 14.4. The fourth-order valence-corrected chi connectivity index (χ4v) is 1.36. The number of anilines is 1. The predicted octanol–water partition coefficient (Wildman–Crippen LogP) is 1.61. The molecule has 0 saturated carbocycles. The molecular formula is C12H14N2O5. The van der Waals surface area contributed by atoms with E-state index in [1.54, 1.807) is 0 Å². The van der Waals surface area contributed by atoms with Crippen molar-refractivity contribution in [2.45, 2.75) is 13.3 Å². The lowest BCUT2D eigenvalue weighted by atomic mass is 10.1. The van der Waals surface area contributed by atoms with Gasteiger partial charge in [0.25, 0.3) is 0 Å². The Labute approximate surface area is 109 Å². The van der Waals surface area contributed by atoms with E-state index in [2.05, 4.69) is 10.6 Å². The predicted molar refractivity (Wildman–Crippen MR) is 67.7 cm³/mol. The van der Waals surface area contributed by atoms with E-state index < -0.39 is 18.0 Å². The second-order valence-corrected chi connectivity index (χ2v) is 3.79. The molecular weight excluding hydrogens is 252 g/mol. The van der Waals surface area contributed by atoms with Gasteiger partial charge in [-0.25, -0.2) is 14.4 Å². The second kappa shape index (κ2) is 6.39. The van der Waals surface area contributed by atoms with E-state index in [0.29, 0.717) is 6.54 Å². The number of carboxylic acids is 2. The quantitative estimate of drug-likeness (QED) is 0.646. The zero-order valence-electron chi connectivity index (χ0n) is 10.3. The van der Waals surface area contributed by atoms with Gasteiger partial charge < -0.3 is 20.8 Å². The molecule has 0 unspecified atom stereocenters. The van der Waals surface area contributed by atoms with Crippen LogP contribution >= 0.6 is 0 Å². The number of nitrogens with one attached hydrogen (secondary N) is 2. The van der Waals surface area contributed by atoms with E-state index in [9.17, 15) is 14.4 Å². The van der Waals surface area contributed by atoms with Crippen LogP contribution in [0.25, 0.3) is 0 Å². The normalized spacial score (nSPS) is 9.74. The maximum atomic E-state index is 11.4. The van der Waals surface area contributed by atoms with Gasteiger partial charge in [-0.1, -0.05) is 6.92 Å². The Bertz CT molecular complexity index is 481. The molecule has 7 heteroatoms. The summed E-state index contributed by atoms with van der Waals surface area (Å²) in [4.78, 5) is 33.1. The smallest absolute Gasteiger partial charge is 0.335 e. The van der Waals surface area contributed by atoms with E-state index in [1.165, 1.54) is 12.1 Å². The average molecular weight is 266 g/mol. The van der Waals surface area contributed by atoms with Gasteiger partial charge in [-0.2, -0.15) is 0 Å². The lowest BCUT2D eigenvalue weighted by molar-refractivity contribution is 0.0696. The summed E-state index contributed by atoms with van der Waals surface area (Å²) in [5.74, 6) is -2.53. The molecule has 0 fully saturated rings. The van der Waals surface area contributed by atoms with E-state index in [1.807, 2.05) is 6.92 Å². The summed E-state index contributed by atoms with van der Waals surface area (Å²) in [7, 11) is 0. The Morgan fingerprint density at radius 1 is 1.05 bits per heavy atom. The van der Waals surface area contributed by atoms with E-state index >= 15 is 0 Å². The number of carboxylic acid groups (broad SMARTS) is 2. The van der Waals surface area contributed by atoms with Crippen molar-refractivity contribution in [2.24, 2.45) is 0 Å². The first-order chi connectivity index (χ1) is 8.93. The molecule has 4 N–H and O–H groups in total. The Balaban J connectivity index is 2.96. The van der Waals surface area contributed by atoms with Crippen molar-refractivity contribution in [3.63, 3.8) is 0 Å². The van der Waals surface area contributed by atoms with Gasteiger partial charge in [0.1, 0.15) is 0 Å². The largest absolute Gasteiger partial charge is 0.478 e. The van der Waals surface area contributed by atoms with Crippen molar-refractivity contribution in [3.05, 3.63) is 29.3 Å². The Kier molecular flexibility index (Phi) is 4.87. The maximum absolute atomic E-state index is 11.4. The van der Waals surface area contributed by atoms with Crippen molar-refractivity contribution in [2.75, 3.05) is 11.9 Å². The number of benzene rings is 1. The summed E-state index contributed by atoms with van der Waals surface area (Å²) in [6.07, 6.45) is 0.753. The van der Waals surface area contributed by atoms with Crippen molar-refractivity contribution in [1.82, 2.24) is 5.32 Å². The first-order valence-electron chi connectivity index (χ1n) is 5.60. The molecule has 19 heavy (non-hydrogen) atoms. The minimum Gasteiger partial charge on any atom is -0.478 e. The molecule has 0 spiro atoms. The molecule has 2 amide bonds. The Hall–Kier alpha value is -2.57. The number of urea groups is 1. The summed E-state index contributed by atoms with van der Waals surface area (Å²) >= 11 is 0. The fraction of sp³-hybridized carbons (Fsp3) is 0.250. The van der Waals surface area contributed by atoms with Crippen molar-refractivity contribution in [3.8, 4) is 0 Å². The van der Waals surface area contributed by atoms with Crippen molar-refractivity contribution >= 4 is 23.7 Å². The molecule has 0 aliphatic rings. The number of rotatable bonds is 5. The van der Waals surface area contributed by atoms with Crippen LogP contribution < -0.4 is 10.6 Å². The summed E-state index contributed by atoms with van der Waals surface area (Å²) in [6, 6.07) is 2.90. The summed E-state index contributed by atoms with van der Waals surface area (Å²) in [6.45, 7) is 2.35. The molecule has 1 aromatic carbocycles. The topological polar surface area (TPSA) is 116 Å². The van der Waals surface area contributed by atoms with E-state index in [0.717, 1.165) is 12.5 Å². The third-order valence-electron chi connectivity index (χ3n) is 2.22. The van der Waals surface area contributed by atoms with Gasteiger partial charge in [-0.05, 0) is 24.6 Å². The fourth-order valence-electron chi connectivity index (χ4n) is 1.36. The van der Waals surface area contributed by atoms with Gasteiger partial charge in [0, 0.05) is 12.2 Å². The Morgan fingerprint density at radius 3 is 2.00 bits per heavy atom. The monoisotopic (exact) mass is 266 g/mol. The lowest BCUT2D eigenvalue weighted by Crippen LogP contribution is -2.29. The van der Waals surface area contributed by atoms with Crippen LogP contribution in [0.4, 0.5) is 10.5 Å². The number of carbonyl (C=O) groups is 3. The van der Waals surface area contributed by atoms with Gasteiger partial charge in [-0.15, -0.1) is 0 Å². The van der Waals surface area contributed by atoms with Crippen LogP contribution in [0.1, 0.15) is 34.1 Å². The van der Waals surface area contributed by atoms with Crippen LogP contribution in [-0.4, -0.2) is 34.7 Å². The SMILES string of the molecule is CCCNC(=O)Nc1cc(C(=O)O)cc(C(=O)O)c1. The van der Waals surface area contributed by atoms with Crippen LogP contribution in [0.3, 0.4) is 0 Å². The number of amides is 2. The average Bonchev–Trinajstić information content (AvgIpc) is 2.35. The van der Waals surface area contributed by atoms with Crippen LogP contribution in [0.2, 0.25) is 0 Å². The van der Waals surface area contributed by atoms with Crippen molar-refractivity contribution < 1.29 is 24.6 Å². The molecule has 0 aromatic heterocycles. The zero-order valence-corrected chi connectivity index (χ0v) is 10.3. The number of carbonyl (C=O) groups excluding carboxylic acids is 1. The molecule has 0 bridgehead atoms. The van der Waals surface area contributed by atoms with Gasteiger partial charge in [-0.3, -0.25) is 0 Å². The molecule has 7 nitrogen and oxygen atoms in total. The minimum absolute atomic E-state index is 0.117. The minimum atomic E-state index is -1.26. The van der Waals surface area contributed by atoms with Gasteiger partial charge in [0.05, 0.1) is 11.1 Å². The van der Waals surface area contributed by atoms with E-state index in [-0.39, 0.29) is 16.8 Å². The molecule has 102 valence electrons. The highest BCUT2D eigenvalue weighted by Crippen LogP contribution is 2.15. The number of hydrogen-bond acceptors (Lipinski definition) is 3. The summed E-state index contributed by atoms with van der Waals surface area (Å²) < 4.78 is 0. The third-order valence-corrected chi connectivity index (χ3v) is 2.22. The molecule has 0 aliphatic carbocycles.